The first-order valence-corrected chi connectivity index (χ1v) is 7.11. The quantitative estimate of drug-likeness (QED) is 0.861. The van der Waals surface area contributed by atoms with Crippen LogP contribution in [0.3, 0.4) is 0 Å². The Morgan fingerprint density at radius 1 is 1.37 bits per heavy atom. The van der Waals surface area contributed by atoms with Gasteiger partial charge in [0.15, 0.2) is 0 Å². The fourth-order valence-corrected chi connectivity index (χ4v) is 3.06. The minimum absolute atomic E-state index is 0.694. The van der Waals surface area contributed by atoms with E-state index in [-0.39, 0.29) is 0 Å². The highest BCUT2D eigenvalue weighted by Crippen LogP contribution is 2.21. The highest BCUT2D eigenvalue weighted by atomic mass is 15.4. The molecule has 1 aliphatic rings. The van der Waals surface area contributed by atoms with Gasteiger partial charge in [-0.1, -0.05) is 0 Å². The third-order valence-electron chi connectivity index (χ3n) is 4.09. The molecule has 0 aliphatic carbocycles. The van der Waals surface area contributed by atoms with E-state index in [9.17, 15) is 0 Å². The molecule has 0 unspecified atom stereocenters. The number of hydrogen-bond donors (Lipinski definition) is 1. The van der Waals surface area contributed by atoms with Crippen LogP contribution < -0.4 is 10.2 Å². The van der Waals surface area contributed by atoms with Crippen LogP contribution in [-0.2, 0) is 13.6 Å². The van der Waals surface area contributed by atoms with E-state index in [0.29, 0.717) is 6.04 Å². The minimum Gasteiger partial charge on any atom is -0.363 e. The third kappa shape index (κ3) is 3.09. The molecule has 0 radical (unpaired) electrons. The van der Waals surface area contributed by atoms with Gasteiger partial charge in [-0.05, 0) is 33.4 Å². The van der Waals surface area contributed by atoms with Crippen LogP contribution in [0, 0.1) is 6.92 Å². The molecule has 2 rings (SSSR count). The lowest BCUT2D eigenvalue weighted by Crippen LogP contribution is -2.35. The molecular formula is C14H27N5. The SMILES string of the molecule is Cc1nn(C)c(N(C)C)c1CNC[C@@H]1CCCN1C. The highest BCUT2D eigenvalue weighted by molar-refractivity contribution is 5.48. The van der Waals surface area contributed by atoms with E-state index in [0.717, 1.165) is 18.8 Å². The van der Waals surface area contributed by atoms with E-state index in [2.05, 4.69) is 48.3 Å². The lowest BCUT2D eigenvalue weighted by Gasteiger charge is -2.20. The molecule has 5 nitrogen and oxygen atoms in total. The second kappa shape index (κ2) is 5.92. The van der Waals surface area contributed by atoms with Gasteiger partial charge in [-0.2, -0.15) is 5.10 Å². The number of aromatic nitrogens is 2. The van der Waals surface area contributed by atoms with Crippen molar-refractivity contribution in [3.05, 3.63) is 11.3 Å². The number of likely N-dealkylation sites (tertiary alicyclic amines) is 1. The number of hydrogen-bond acceptors (Lipinski definition) is 4. The van der Waals surface area contributed by atoms with Crippen molar-refractivity contribution < 1.29 is 0 Å². The van der Waals surface area contributed by atoms with Gasteiger partial charge in [0.1, 0.15) is 5.82 Å². The van der Waals surface area contributed by atoms with Crippen LogP contribution in [0.1, 0.15) is 24.1 Å². The Balaban J connectivity index is 1.95. The van der Waals surface area contributed by atoms with E-state index >= 15 is 0 Å². The first kappa shape index (κ1) is 14.3. The van der Waals surface area contributed by atoms with Gasteiger partial charge in [-0.15, -0.1) is 0 Å². The number of likely N-dealkylation sites (N-methyl/N-ethyl adjacent to an activating group) is 1. The van der Waals surface area contributed by atoms with Crippen molar-refractivity contribution in [2.75, 3.05) is 39.1 Å². The van der Waals surface area contributed by atoms with Gasteiger partial charge in [0.05, 0.1) is 5.69 Å². The zero-order valence-electron chi connectivity index (χ0n) is 12.9. The summed E-state index contributed by atoms with van der Waals surface area (Å²) in [5.41, 5.74) is 2.44. The molecule has 1 aromatic rings. The summed E-state index contributed by atoms with van der Waals surface area (Å²) in [6, 6.07) is 0.694. The van der Waals surface area contributed by atoms with Gasteiger partial charge in [0.25, 0.3) is 0 Å². The molecule has 108 valence electrons. The first-order valence-electron chi connectivity index (χ1n) is 7.11. The van der Waals surface area contributed by atoms with E-state index in [4.69, 9.17) is 0 Å². The average Bonchev–Trinajstić information content (AvgIpc) is 2.84. The molecule has 1 fully saturated rings. The van der Waals surface area contributed by atoms with Crippen LogP contribution >= 0.6 is 0 Å². The zero-order valence-corrected chi connectivity index (χ0v) is 12.9. The minimum atomic E-state index is 0.694. The second-order valence-electron chi connectivity index (χ2n) is 5.81. The standard InChI is InChI=1S/C14H27N5/c1-11-13(14(17(2)3)19(5)16-11)10-15-9-12-7-6-8-18(12)4/h12,15H,6-10H2,1-5H3/t12-/m0/s1. The fourth-order valence-electron chi connectivity index (χ4n) is 3.06. The molecule has 0 spiro atoms. The summed E-state index contributed by atoms with van der Waals surface area (Å²) in [6.07, 6.45) is 2.65. The molecule has 1 aliphatic heterocycles. The summed E-state index contributed by atoms with van der Waals surface area (Å²) in [5.74, 6) is 1.20. The van der Waals surface area contributed by atoms with Crippen molar-refractivity contribution in [2.45, 2.75) is 32.4 Å². The van der Waals surface area contributed by atoms with Crippen molar-refractivity contribution in [1.82, 2.24) is 20.0 Å². The van der Waals surface area contributed by atoms with Crippen LogP contribution in [0.25, 0.3) is 0 Å². The summed E-state index contributed by atoms with van der Waals surface area (Å²) in [5, 5.41) is 8.12. The Labute approximate surface area is 116 Å². The van der Waals surface area contributed by atoms with Gasteiger partial charge < -0.3 is 15.1 Å². The molecule has 1 N–H and O–H groups in total. The topological polar surface area (TPSA) is 36.3 Å². The fraction of sp³-hybridized carbons (Fsp3) is 0.786. The van der Waals surface area contributed by atoms with Crippen molar-refractivity contribution in [1.29, 1.82) is 0 Å². The van der Waals surface area contributed by atoms with Crippen LogP contribution in [0.2, 0.25) is 0 Å². The number of nitrogens with one attached hydrogen (secondary N) is 1. The van der Waals surface area contributed by atoms with Crippen molar-refractivity contribution in [3.8, 4) is 0 Å². The Morgan fingerprint density at radius 2 is 2.11 bits per heavy atom. The maximum atomic E-state index is 4.52. The molecule has 0 bridgehead atoms. The molecule has 1 atom stereocenters. The molecule has 19 heavy (non-hydrogen) atoms. The summed E-state index contributed by atoms with van der Waals surface area (Å²) in [4.78, 5) is 4.59. The number of nitrogens with zero attached hydrogens (tertiary/aromatic N) is 4. The maximum Gasteiger partial charge on any atom is 0.130 e. The van der Waals surface area contributed by atoms with E-state index < -0.39 is 0 Å². The lowest BCUT2D eigenvalue weighted by molar-refractivity contribution is 0.300. The van der Waals surface area contributed by atoms with Crippen LogP contribution in [0.5, 0.6) is 0 Å². The smallest absolute Gasteiger partial charge is 0.130 e. The predicted octanol–water partition coefficient (Wildman–Crippen LogP) is 0.978. The zero-order chi connectivity index (χ0) is 14.0. The van der Waals surface area contributed by atoms with Crippen molar-refractivity contribution >= 4 is 5.82 Å². The van der Waals surface area contributed by atoms with Crippen LogP contribution in [0.4, 0.5) is 5.82 Å². The summed E-state index contributed by atoms with van der Waals surface area (Å²) in [7, 11) is 8.38. The Hall–Kier alpha value is -1.07. The molecule has 1 saturated heterocycles. The van der Waals surface area contributed by atoms with Gasteiger partial charge in [-0.3, -0.25) is 4.68 Å². The first-order chi connectivity index (χ1) is 9.00. The average molecular weight is 265 g/mol. The van der Waals surface area contributed by atoms with E-state index in [1.807, 2.05) is 11.7 Å². The van der Waals surface area contributed by atoms with Crippen LogP contribution in [0.15, 0.2) is 0 Å². The number of aryl methyl sites for hydroxylation is 2. The molecule has 5 heteroatoms. The monoisotopic (exact) mass is 265 g/mol. The molecule has 0 aromatic carbocycles. The van der Waals surface area contributed by atoms with Gasteiger partial charge in [0, 0.05) is 45.8 Å². The predicted molar refractivity (Wildman–Crippen MR) is 79.6 cm³/mol. The Morgan fingerprint density at radius 3 is 2.68 bits per heavy atom. The summed E-state index contributed by atoms with van der Waals surface area (Å²) >= 11 is 0. The van der Waals surface area contributed by atoms with E-state index in [1.54, 1.807) is 0 Å². The molecule has 0 saturated carbocycles. The number of rotatable bonds is 5. The maximum absolute atomic E-state index is 4.52. The normalized spacial score (nSPS) is 20.2. The van der Waals surface area contributed by atoms with Crippen LogP contribution in [-0.4, -0.2) is 55.0 Å². The Kier molecular flexibility index (Phi) is 4.47. The largest absolute Gasteiger partial charge is 0.363 e. The highest BCUT2D eigenvalue weighted by Gasteiger charge is 2.21. The molecule has 1 aromatic heterocycles. The summed E-state index contributed by atoms with van der Waals surface area (Å²) in [6.45, 7) is 5.29. The van der Waals surface area contributed by atoms with Gasteiger partial charge in [0.2, 0.25) is 0 Å². The van der Waals surface area contributed by atoms with Gasteiger partial charge >= 0.3 is 0 Å². The summed E-state index contributed by atoms with van der Waals surface area (Å²) < 4.78 is 1.97. The molecule has 0 amide bonds. The Bertz CT molecular complexity index is 424. The molecule has 2 heterocycles. The van der Waals surface area contributed by atoms with Gasteiger partial charge in [-0.25, -0.2) is 0 Å². The second-order valence-corrected chi connectivity index (χ2v) is 5.81. The molecular weight excluding hydrogens is 238 g/mol. The van der Waals surface area contributed by atoms with Crippen molar-refractivity contribution in [2.24, 2.45) is 7.05 Å². The lowest BCUT2D eigenvalue weighted by atomic mass is 10.2. The van der Waals surface area contributed by atoms with E-state index in [1.165, 1.54) is 30.8 Å². The third-order valence-corrected chi connectivity index (χ3v) is 4.09. The number of anilines is 1. The van der Waals surface area contributed by atoms with Crippen molar-refractivity contribution in [3.63, 3.8) is 0 Å².